The molecule has 0 amide bonds. The van der Waals surface area contributed by atoms with Gasteiger partial charge in [-0.3, -0.25) is 0 Å². The molecule has 3 aromatic rings. The van der Waals surface area contributed by atoms with Crippen LogP contribution in [0.4, 0.5) is 13.2 Å². The van der Waals surface area contributed by atoms with Crippen molar-refractivity contribution in [1.82, 2.24) is 19.7 Å². The summed E-state index contributed by atoms with van der Waals surface area (Å²) in [5.41, 5.74) is -0.281. The van der Waals surface area contributed by atoms with Gasteiger partial charge < -0.3 is 14.6 Å². The van der Waals surface area contributed by atoms with Crippen molar-refractivity contribution in [2.24, 2.45) is 5.41 Å². The van der Waals surface area contributed by atoms with Crippen molar-refractivity contribution in [2.75, 3.05) is 20.1 Å². The average Bonchev–Trinajstić information content (AvgIpc) is 3.23. The molecule has 1 saturated heterocycles. The van der Waals surface area contributed by atoms with Gasteiger partial charge in [-0.05, 0) is 36.2 Å². The summed E-state index contributed by atoms with van der Waals surface area (Å²) >= 11 is 0. The van der Waals surface area contributed by atoms with Crippen molar-refractivity contribution < 1.29 is 18.3 Å². The van der Waals surface area contributed by atoms with Gasteiger partial charge in [-0.15, -0.1) is 5.10 Å². The minimum atomic E-state index is -4.45. The summed E-state index contributed by atoms with van der Waals surface area (Å²) in [6, 6.07) is 10.5. The van der Waals surface area contributed by atoms with Gasteiger partial charge in [0.15, 0.2) is 5.82 Å². The number of likely N-dealkylation sites (tertiary alicyclic amines) is 1. The summed E-state index contributed by atoms with van der Waals surface area (Å²) in [5, 5.41) is 20.3. The van der Waals surface area contributed by atoms with Gasteiger partial charge >= 0.3 is 6.18 Å². The van der Waals surface area contributed by atoms with Crippen LogP contribution in [0.5, 0.6) is 0 Å². The number of hydrogen-bond donors (Lipinski definition) is 1. The second kappa shape index (κ2) is 7.71. The van der Waals surface area contributed by atoms with E-state index >= 15 is 0 Å². The van der Waals surface area contributed by atoms with Crippen molar-refractivity contribution in [3.63, 3.8) is 0 Å². The smallest absolute Gasteiger partial charge is 0.380 e. The second-order valence-electron chi connectivity index (χ2n) is 9.33. The van der Waals surface area contributed by atoms with E-state index in [1.807, 2.05) is 38.2 Å². The maximum Gasteiger partial charge on any atom is 0.417 e. The van der Waals surface area contributed by atoms with Crippen molar-refractivity contribution in [2.45, 2.75) is 38.5 Å². The molecule has 0 unspecified atom stereocenters. The molecule has 5 nitrogen and oxygen atoms in total. The lowest BCUT2D eigenvalue weighted by Crippen LogP contribution is -2.63. The van der Waals surface area contributed by atoms with Crippen molar-refractivity contribution in [3.05, 3.63) is 77.2 Å². The quantitative estimate of drug-likeness (QED) is 0.625. The zero-order valence-electron chi connectivity index (χ0n) is 18.6. The van der Waals surface area contributed by atoms with Gasteiger partial charge in [0.25, 0.3) is 0 Å². The van der Waals surface area contributed by atoms with E-state index in [1.54, 1.807) is 6.07 Å². The van der Waals surface area contributed by atoms with Crippen LogP contribution in [0.15, 0.2) is 55.0 Å². The summed E-state index contributed by atoms with van der Waals surface area (Å²) in [7, 11) is 1.98. The Labute approximate surface area is 185 Å². The monoisotopic (exact) mass is 444 g/mol. The molecule has 170 valence electrons. The summed E-state index contributed by atoms with van der Waals surface area (Å²) in [4.78, 5) is 2.12. The number of nitrogens with zero attached hydrogens (tertiary/aromatic N) is 4. The first-order valence-electron chi connectivity index (χ1n) is 10.5. The van der Waals surface area contributed by atoms with Crippen LogP contribution in [-0.2, 0) is 11.8 Å². The minimum Gasteiger partial charge on any atom is -0.380 e. The Bertz CT molecular complexity index is 1100. The molecule has 0 radical (unpaired) electrons. The standard InChI is InChI=1S/C24H27F3N4O/c1-16(2)17-5-7-18(8-6-17)23(32,22(3)14-30(4)15-22)20-11-21(29-28-12-20)31-10-9-19(13-31)24(25,26)27/h5-13,16,32H,14-15H2,1-4H3/t23-/m0/s1. The van der Waals surface area contributed by atoms with Crippen LogP contribution in [-0.4, -0.2) is 44.9 Å². The molecule has 1 N–H and O–H groups in total. The van der Waals surface area contributed by atoms with Crippen LogP contribution in [0.3, 0.4) is 0 Å². The Morgan fingerprint density at radius 3 is 2.22 bits per heavy atom. The minimum absolute atomic E-state index is 0.214. The van der Waals surface area contributed by atoms with E-state index in [0.717, 1.165) is 23.4 Å². The van der Waals surface area contributed by atoms with E-state index < -0.39 is 22.8 Å². The molecule has 2 aromatic heterocycles. The zero-order chi connectivity index (χ0) is 23.3. The molecule has 0 spiro atoms. The molecule has 0 aliphatic carbocycles. The first-order valence-corrected chi connectivity index (χ1v) is 10.5. The number of hydrogen-bond acceptors (Lipinski definition) is 4. The topological polar surface area (TPSA) is 54.2 Å². The molecular weight excluding hydrogens is 417 g/mol. The third-order valence-electron chi connectivity index (χ3n) is 6.45. The Kier molecular flexibility index (Phi) is 5.41. The summed E-state index contributed by atoms with van der Waals surface area (Å²) in [5.74, 6) is 0.569. The number of halogens is 3. The van der Waals surface area contributed by atoms with Crippen LogP contribution in [0.2, 0.25) is 0 Å². The lowest BCUT2D eigenvalue weighted by Gasteiger charge is -2.55. The Morgan fingerprint density at radius 1 is 1.03 bits per heavy atom. The highest BCUT2D eigenvalue weighted by Gasteiger charge is 2.55. The van der Waals surface area contributed by atoms with Crippen molar-refractivity contribution >= 4 is 0 Å². The molecule has 0 saturated carbocycles. The molecular formula is C24H27F3N4O. The highest BCUT2D eigenvalue weighted by atomic mass is 19.4. The van der Waals surface area contributed by atoms with E-state index in [1.165, 1.54) is 17.0 Å². The van der Waals surface area contributed by atoms with Gasteiger partial charge in [0.1, 0.15) is 5.60 Å². The molecule has 4 rings (SSSR count). The maximum absolute atomic E-state index is 13.0. The van der Waals surface area contributed by atoms with Gasteiger partial charge in [-0.25, -0.2) is 0 Å². The fourth-order valence-electron chi connectivity index (χ4n) is 4.73. The van der Waals surface area contributed by atoms with E-state index in [2.05, 4.69) is 28.9 Å². The third kappa shape index (κ3) is 3.71. The fourth-order valence-corrected chi connectivity index (χ4v) is 4.73. The first kappa shape index (κ1) is 22.5. The van der Waals surface area contributed by atoms with Crippen molar-refractivity contribution in [3.8, 4) is 5.82 Å². The molecule has 0 bridgehead atoms. The number of aromatic nitrogens is 3. The highest BCUT2D eigenvalue weighted by molar-refractivity contribution is 5.43. The number of rotatable bonds is 5. The Balaban J connectivity index is 1.80. The fraction of sp³-hybridized carbons (Fsp3) is 0.417. The van der Waals surface area contributed by atoms with Crippen LogP contribution < -0.4 is 0 Å². The average molecular weight is 445 g/mol. The van der Waals surface area contributed by atoms with E-state index in [4.69, 9.17) is 0 Å². The second-order valence-corrected chi connectivity index (χ2v) is 9.33. The number of alkyl halides is 3. The maximum atomic E-state index is 13.0. The third-order valence-corrected chi connectivity index (χ3v) is 6.45. The summed E-state index contributed by atoms with van der Waals surface area (Å²) in [6.45, 7) is 7.55. The number of benzene rings is 1. The lowest BCUT2D eigenvalue weighted by molar-refractivity contribution is -0.137. The SMILES string of the molecule is CC(C)c1ccc([C@](O)(c2cnnc(-n3ccc(C(F)(F)F)c3)c2)C2(C)CN(C)C2)cc1. The molecule has 32 heavy (non-hydrogen) atoms. The lowest BCUT2D eigenvalue weighted by atomic mass is 9.62. The molecule has 1 aromatic carbocycles. The summed E-state index contributed by atoms with van der Waals surface area (Å²) < 4.78 is 40.4. The summed E-state index contributed by atoms with van der Waals surface area (Å²) in [6.07, 6.45) is -0.675. The van der Waals surface area contributed by atoms with E-state index in [-0.39, 0.29) is 5.82 Å². The predicted octanol–water partition coefficient (Wildman–Crippen LogP) is 4.60. The van der Waals surface area contributed by atoms with E-state index in [9.17, 15) is 18.3 Å². The normalized spacial score (nSPS) is 18.4. The molecule has 1 atom stereocenters. The molecule has 8 heteroatoms. The molecule has 1 fully saturated rings. The van der Waals surface area contributed by atoms with Gasteiger partial charge in [-0.1, -0.05) is 45.0 Å². The van der Waals surface area contributed by atoms with Crippen LogP contribution >= 0.6 is 0 Å². The zero-order valence-corrected chi connectivity index (χ0v) is 18.6. The van der Waals surface area contributed by atoms with Crippen molar-refractivity contribution in [1.29, 1.82) is 0 Å². The molecule has 3 heterocycles. The predicted molar refractivity (Wildman–Crippen MR) is 115 cm³/mol. The van der Waals surface area contributed by atoms with Gasteiger partial charge in [-0.2, -0.15) is 18.3 Å². The number of aliphatic hydroxyl groups is 1. The van der Waals surface area contributed by atoms with E-state index in [0.29, 0.717) is 24.6 Å². The highest BCUT2D eigenvalue weighted by Crippen LogP contribution is 2.50. The Hall–Kier alpha value is -2.71. The largest absolute Gasteiger partial charge is 0.417 e. The van der Waals surface area contributed by atoms with Crippen LogP contribution in [0, 0.1) is 5.41 Å². The molecule has 1 aliphatic rings. The first-order chi connectivity index (χ1) is 14.9. The Morgan fingerprint density at radius 2 is 1.69 bits per heavy atom. The van der Waals surface area contributed by atoms with Crippen LogP contribution in [0.1, 0.15) is 48.9 Å². The molecule has 1 aliphatic heterocycles. The van der Waals surface area contributed by atoms with Gasteiger partial charge in [0.2, 0.25) is 0 Å². The van der Waals surface area contributed by atoms with Gasteiger partial charge in [0.05, 0.1) is 11.8 Å². The van der Waals surface area contributed by atoms with Gasteiger partial charge in [0, 0.05) is 36.5 Å². The van der Waals surface area contributed by atoms with Crippen LogP contribution in [0.25, 0.3) is 5.82 Å².